The fraction of sp³-hybridized carbons (Fsp3) is 0.467. The molecule has 1 saturated heterocycles. The largest absolute Gasteiger partial charge is 0.480 e. The van der Waals surface area contributed by atoms with Crippen molar-refractivity contribution in [2.45, 2.75) is 18.9 Å². The van der Waals surface area contributed by atoms with Gasteiger partial charge in [-0.25, -0.2) is 4.79 Å². The molecule has 2 rings (SSSR count). The number of carboxylic acids is 1. The molecule has 2 atom stereocenters. The third-order valence-electron chi connectivity index (χ3n) is 3.70. The van der Waals surface area contributed by atoms with Crippen LogP contribution in [0.25, 0.3) is 0 Å². The Balaban J connectivity index is 2.06. The van der Waals surface area contributed by atoms with Crippen molar-refractivity contribution in [1.82, 2.24) is 15.6 Å². The van der Waals surface area contributed by atoms with Crippen molar-refractivity contribution in [2.75, 3.05) is 20.3 Å². The van der Waals surface area contributed by atoms with Gasteiger partial charge in [-0.15, -0.1) is 0 Å². The summed E-state index contributed by atoms with van der Waals surface area (Å²) in [6.07, 6.45) is 2.70. The van der Waals surface area contributed by atoms with Crippen LogP contribution in [-0.2, 0) is 9.53 Å². The topological polar surface area (TPSA) is 118 Å². The van der Waals surface area contributed by atoms with Gasteiger partial charge in [-0.1, -0.05) is 0 Å². The van der Waals surface area contributed by atoms with Gasteiger partial charge in [0.1, 0.15) is 11.7 Å². The van der Waals surface area contributed by atoms with Crippen LogP contribution in [0.15, 0.2) is 18.3 Å². The normalized spacial score (nSPS) is 18.7. The molecule has 0 aromatic carbocycles. The van der Waals surface area contributed by atoms with Crippen molar-refractivity contribution in [3.63, 3.8) is 0 Å². The number of hydrogen-bond acceptors (Lipinski definition) is 5. The molecule has 1 aromatic heterocycles. The molecular formula is C15H19N3O5. The lowest BCUT2D eigenvalue weighted by atomic mass is 9.93. The van der Waals surface area contributed by atoms with E-state index in [2.05, 4.69) is 15.6 Å². The van der Waals surface area contributed by atoms with E-state index in [4.69, 9.17) is 4.74 Å². The average molecular weight is 321 g/mol. The van der Waals surface area contributed by atoms with Crippen molar-refractivity contribution in [1.29, 1.82) is 0 Å². The number of aliphatic carboxylic acids is 1. The third kappa shape index (κ3) is 4.26. The maximum atomic E-state index is 12.2. The van der Waals surface area contributed by atoms with Gasteiger partial charge >= 0.3 is 5.97 Å². The number of ether oxygens (including phenoxy) is 1. The maximum Gasteiger partial charge on any atom is 0.326 e. The number of hydrogen-bond donors (Lipinski definition) is 3. The molecule has 0 radical (unpaired) electrons. The molecule has 1 fully saturated rings. The van der Waals surface area contributed by atoms with E-state index in [1.165, 1.54) is 25.4 Å². The Kier molecular flexibility index (Phi) is 5.64. The molecule has 3 N–H and O–H groups in total. The molecular weight excluding hydrogens is 302 g/mol. The SMILES string of the molecule is CNC(=O)c1ccc(C(=O)NC(C(=O)O)C2CCCOC2)cn1. The standard InChI is InChI=1S/C15H19N3O5/c1-16-14(20)11-5-4-9(7-17-11)13(19)18-12(15(21)22)10-3-2-6-23-8-10/h4-5,7,10,12H,2-3,6,8H2,1H3,(H,16,20)(H,18,19)(H,21,22). The summed E-state index contributed by atoms with van der Waals surface area (Å²) in [6.45, 7) is 0.923. The number of nitrogens with zero attached hydrogens (tertiary/aromatic N) is 1. The van der Waals surface area contributed by atoms with Crippen LogP contribution in [0.2, 0.25) is 0 Å². The summed E-state index contributed by atoms with van der Waals surface area (Å²) in [5.74, 6) is -2.26. The number of carbonyl (C=O) groups is 3. The van der Waals surface area contributed by atoms with E-state index < -0.39 is 17.9 Å². The predicted octanol–water partition coefficient (Wildman–Crippen LogP) is 0.0508. The second-order valence-electron chi connectivity index (χ2n) is 5.28. The Hall–Kier alpha value is -2.48. The summed E-state index contributed by atoms with van der Waals surface area (Å²) in [5.41, 5.74) is 0.375. The van der Waals surface area contributed by atoms with Crippen LogP contribution >= 0.6 is 0 Å². The molecule has 8 nitrogen and oxygen atoms in total. The van der Waals surface area contributed by atoms with E-state index in [9.17, 15) is 19.5 Å². The monoisotopic (exact) mass is 321 g/mol. The summed E-state index contributed by atoms with van der Waals surface area (Å²) in [7, 11) is 1.48. The zero-order valence-electron chi connectivity index (χ0n) is 12.7. The number of carbonyl (C=O) groups excluding carboxylic acids is 2. The van der Waals surface area contributed by atoms with Crippen molar-refractivity contribution in [3.05, 3.63) is 29.6 Å². The lowest BCUT2D eigenvalue weighted by Crippen LogP contribution is -2.48. The Morgan fingerprint density at radius 2 is 2.13 bits per heavy atom. The molecule has 23 heavy (non-hydrogen) atoms. The van der Waals surface area contributed by atoms with E-state index in [0.717, 1.165) is 6.42 Å². The molecule has 2 heterocycles. The average Bonchev–Trinajstić information content (AvgIpc) is 2.59. The highest BCUT2D eigenvalue weighted by Crippen LogP contribution is 2.18. The Morgan fingerprint density at radius 1 is 1.35 bits per heavy atom. The van der Waals surface area contributed by atoms with Crippen molar-refractivity contribution in [2.24, 2.45) is 5.92 Å². The highest BCUT2D eigenvalue weighted by molar-refractivity contribution is 5.97. The number of rotatable bonds is 5. The van der Waals surface area contributed by atoms with Crippen LogP contribution in [-0.4, -0.2) is 54.2 Å². The van der Waals surface area contributed by atoms with Gasteiger partial charge in [0.25, 0.3) is 11.8 Å². The molecule has 0 spiro atoms. The van der Waals surface area contributed by atoms with Crippen LogP contribution in [0.5, 0.6) is 0 Å². The molecule has 2 amide bonds. The third-order valence-corrected chi connectivity index (χ3v) is 3.70. The Labute approximate surface area is 133 Å². The van der Waals surface area contributed by atoms with Crippen molar-refractivity contribution in [3.8, 4) is 0 Å². The molecule has 124 valence electrons. The van der Waals surface area contributed by atoms with Crippen molar-refractivity contribution < 1.29 is 24.2 Å². The first-order valence-electron chi connectivity index (χ1n) is 7.32. The smallest absolute Gasteiger partial charge is 0.326 e. The van der Waals surface area contributed by atoms with Gasteiger partial charge in [0.2, 0.25) is 0 Å². The van der Waals surface area contributed by atoms with E-state index in [1.54, 1.807) is 0 Å². The molecule has 1 aromatic rings. The Bertz CT molecular complexity index is 581. The second-order valence-corrected chi connectivity index (χ2v) is 5.28. The van der Waals surface area contributed by atoms with E-state index in [-0.39, 0.29) is 23.1 Å². The van der Waals surface area contributed by atoms with Gasteiger partial charge in [-0.2, -0.15) is 0 Å². The van der Waals surface area contributed by atoms with Gasteiger partial charge in [0.05, 0.1) is 12.2 Å². The fourth-order valence-electron chi connectivity index (χ4n) is 2.42. The molecule has 0 bridgehead atoms. The van der Waals surface area contributed by atoms with Gasteiger partial charge in [0, 0.05) is 25.8 Å². The summed E-state index contributed by atoms with van der Waals surface area (Å²) >= 11 is 0. The minimum Gasteiger partial charge on any atom is -0.480 e. The zero-order chi connectivity index (χ0) is 16.8. The van der Waals surface area contributed by atoms with E-state index >= 15 is 0 Å². The first-order chi connectivity index (χ1) is 11.0. The molecule has 8 heteroatoms. The van der Waals surface area contributed by atoms with Crippen LogP contribution in [0.1, 0.15) is 33.7 Å². The number of nitrogens with one attached hydrogen (secondary N) is 2. The molecule has 0 aliphatic carbocycles. The molecule has 0 saturated carbocycles. The first-order valence-corrected chi connectivity index (χ1v) is 7.32. The highest BCUT2D eigenvalue weighted by atomic mass is 16.5. The number of aromatic nitrogens is 1. The fourth-order valence-corrected chi connectivity index (χ4v) is 2.42. The lowest BCUT2D eigenvalue weighted by Gasteiger charge is -2.28. The summed E-state index contributed by atoms with van der Waals surface area (Å²) in [4.78, 5) is 38.9. The van der Waals surface area contributed by atoms with Crippen molar-refractivity contribution >= 4 is 17.8 Å². The van der Waals surface area contributed by atoms with Crippen LogP contribution in [0, 0.1) is 5.92 Å². The first kappa shape index (κ1) is 16.9. The number of pyridine rings is 1. The zero-order valence-corrected chi connectivity index (χ0v) is 12.7. The quantitative estimate of drug-likeness (QED) is 0.705. The Morgan fingerprint density at radius 3 is 2.65 bits per heavy atom. The van der Waals surface area contributed by atoms with E-state index in [1.807, 2.05) is 0 Å². The molecule has 1 aliphatic rings. The number of amides is 2. The lowest BCUT2D eigenvalue weighted by molar-refractivity contribution is -0.142. The van der Waals surface area contributed by atoms with Gasteiger partial charge in [-0.3, -0.25) is 14.6 Å². The number of carboxylic acid groups (broad SMARTS) is 1. The van der Waals surface area contributed by atoms with E-state index in [0.29, 0.717) is 19.6 Å². The highest BCUT2D eigenvalue weighted by Gasteiger charge is 2.31. The summed E-state index contributed by atoms with van der Waals surface area (Å²) in [5, 5.41) is 14.3. The summed E-state index contributed by atoms with van der Waals surface area (Å²) < 4.78 is 5.28. The second kappa shape index (κ2) is 7.68. The van der Waals surface area contributed by atoms with Crippen LogP contribution < -0.4 is 10.6 Å². The van der Waals surface area contributed by atoms with Crippen LogP contribution in [0.3, 0.4) is 0 Å². The molecule has 2 unspecified atom stereocenters. The van der Waals surface area contributed by atoms with Gasteiger partial charge in [0.15, 0.2) is 0 Å². The van der Waals surface area contributed by atoms with Gasteiger partial charge in [-0.05, 0) is 25.0 Å². The van der Waals surface area contributed by atoms with Gasteiger partial charge < -0.3 is 20.5 Å². The minimum absolute atomic E-state index is 0.180. The molecule has 1 aliphatic heterocycles. The van der Waals surface area contributed by atoms with Crippen LogP contribution in [0.4, 0.5) is 0 Å². The summed E-state index contributed by atoms with van der Waals surface area (Å²) in [6, 6.07) is 1.83. The minimum atomic E-state index is -1.09. The maximum absolute atomic E-state index is 12.2. The predicted molar refractivity (Wildman–Crippen MR) is 80.1 cm³/mol.